The molecule has 6 nitrogen and oxygen atoms in total. The molecule has 0 unspecified atom stereocenters. The summed E-state index contributed by atoms with van der Waals surface area (Å²) in [4.78, 5) is 3.82. The fraction of sp³-hybridized carbons (Fsp3) is 0.333. The number of rotatable bonds is 4. The van der Waals surface area contributed by atoms with E-state index >= 15 is 0 Å². The summed E-state index contributed by atoms with van der Waals surface area (Å²) in [7, 11) is -3.35. The van der Waals surface area contributed by atoms with Gasteiger partial charge in [0, 0.05) is 24.8 Å². The van der Waals surface area contributed by atoms with Crippen LogP contribution >= 0.6 is 0 Å². The number of alkyl halides is 2. The Labute approximate surface area is 102 Å². The molecule has 0 bridgehead atoms. The minimum absolute atomic E-state index is 0.0210. The fourth-order valence-electron chi connectivity index (χ4n) is 1.41. The van der Waals surface area contributed by atoms with Crippen molar-refractivity contribution in [3.8, 4) is 0 Å². The van der Waals surface area contributed by atoms with E-state index in [0.29, 0.717) is 4.57 Å². The molecule has 0 saturated heterocycles. The lowest BCUT2D eigenvalue weighted by Crippen LogP contribution is -2.09. The van der Waals surface area contributed by atoms with Gasteiger partial charge in [-0.2, -0.15) is 13.9 Å². The van der Waals surface area contributed by atoms with E-state index < -0.39 is 16.4 Å². The quantitative estimate of drug-likeness (QED) is 0.833. The first kappa shape index (κ1) is 12.7. The molecule has 0 aliphatic rings. The predicted molar refractivity (Wildman–Crippen MR) is 57.9 cm³/mol. The standard InChI is InChI=1S/C9H10F2N4O2S/c1-18(16,17)7-4-13-14(5-7)6-8-12-2-3-15(8)9(10)11/h2-5,9H,6H2,1H3. The smallest absolute Gasteiger partial charge is 0.276 e. The number of nitrogens with zero attached hydrogens (tertiary/aromatic N) is 4. The maximum absolute atomic E-state index is 12.6. The predicted octanol–water partition coefficient (Wildman–Crippen LogP) is 0.926. The third-order valence-electron chi connectivity index (χ3n) is 2.30. The largest absolute Gasteiger partial charge is 0.319 e. The summed E-state index contributed by atoms with van der Waals surface area (Å²) >= 11 is 0. The summed E-state index contributed by atoms with van der Waals surface area (Å²) in [5.41, 5.74) is 0. The Morgan fingerprint density at radius 2 is 2.17 bits per heavy atom. The molecule has 9 heteroatoms. The molecule has 0 radical (unpaired) electrons. The summed E-state index contributed by atoms with van der Waals surface area (Å²) in [6.45, 7) is -2.71. The highest BCUT2D eigenvalue weighted by atomic mass is 32.2. The first-order valence-electron chi connectivity index (χ1n) is 4.90. The van der Waals surface area contributed by atoms with Gasteiger partial charge in [-0.3, -0.25) is 9.25 Å². The Balaban J connectivity index is 2.24. The summed E-state index contributed by atoms with van der Waals surface area (Å²) in [6, 6.07) is 0. The van der Waals surface area contributed by atoms with E-state index in [2.05, 4.69) is 10.1 Å². The average molecular weight is 276 g/mol. The highest BCUT2D eigenvalue weighted by Gasteiger charge is 2.14. The van der Waals surface area contributed by atoms with Crippen molar-refractivity contribution in [1.29, 1.82) is 0 Å². The Bertz CT molecular complexity index is 647. The van der Waals surface area contributed by atoms with Gasteiger partial charge in [-0.25, -0.2) is 13.4 Å². The molecule has 0 spiro atoms. The van der Waals surface area contributed by atoms with E-state index in [4.69, 9.17) is 0 Å². The normalized spacial score (nSPS) is 12.2. The summed E-state index contributed by atoms with van der Waals surface area (Å²) < 4.78 is 49.5. The molecule has 2 heterocycles. The molecule has 0 amide bonds. The monoisotopic (exact) mass is 276 g/mol. The third-order valence-corrected chi connectivity index (χ3v) is 3.37. The molecule has 2 aromatic rings. The van der Waals surface area contributed by atoms with Crippen molar-refractivity contribution in [2.75, 3.05) is 6.26 Å². The van der Waals surface area contributed by atoms with Crippen LogP contribution in [0.4, 0.5) is 8.78 Å². The van der Waals surface area contributed by atoms with Gasteiger partial charge in [-0.05, 0) is 0 Å². The minimum atomic E-state index is -3.35. The van der Waals surface area contributed by atoms with Crippen LogP contribution in [0, 0.1) is 0 Å². The Hall–Kier alpha value is -1.77. The second kappa shape index (κ2) is 4.48. The second-order valence-corrected chi connectivity index (χ2v) is 5.69. The van der Waals surface area contributed by atoms with Crippen molar-refractivity contribution < 1.29 is 17.2 Å². The molecule has 0 aromatic carbocycles. The lowest BCUT2D eigenvalue weighted by atomic mass is 10.6. The second-order valence-electron chi connectivity index (χ2n) is 3.67. The molecule has 0 aliphatic heterocycles. The maximum atomic E-state index is 12.6. The van der Waals surface area contributed by atoms with Gasteiger partial charge in [-0.1, -0.05) is 0 Å². The molecule has 2 aromatic heterocycles. The van der Waals surface area contributed by atoms with Crippen LogP contribution in [-0.2, 0) is 16.4 Å². The highest BCUT2D eigenvalue weighted by Crippen LogP contribution is 2.14. The maximum Gasteiger partial charge on any atom is 0.319 e. The first-order valence-corrected chi connectivity index (χ1v) is 6.79. The molecular formula is C9H10F2N4O2S. The first-order chi connectivity index (χ1) is 8.38. The number of hydrogen-bond acceptors (Lipinski definition) is 4. The van der Waals surface area contributed by atoms with Crippen LogP contribution in [0.5, 0.6) is 0 Å². The lowest BCUT2D eigenvalue weighted by Gasteiger charge is -2.05. The molecule has 0 aliphatic carbocycles. The van der Waals surface area contributed by atoms with Gasteiger partial charge in [0.25, 0.3) is 0 Å². The summed E-state index contributed by atoms with van der Waals surface area (Å²) in [5.74, 6) is 0.105. The zero-order chi connectivity index (χ0) is 13.3. The number of hydrogen-bond donors (Lipinski definition) is 0. The zero-order valence-electron chi connectivity index (χ0n) is 9.36. The van der Waals surface area contributed by atoms with Gasteiger partial charge in [0.05, 0.1) is 12.7 Å². The molecular weight excluding hydrogens is 266 g/mol. The van der Waals surface area contributed by atoms with Gasteiger partial charge >= 0.3 is 6.55 Å². The van der Waals surface area contributed by atoms with Crippen LogP contribution in [0.25, 0.3) is 0 Å². The Kier molecular flexibility index (Phi) is 3.16. The van der Waals surface area contributed by atoms with Crippen LogP contribution in [0.2, 0.25) is 0 Å². The molecule has 2 rings (SSSR count). The van der Waals surface area contributed by atoms with Crippen molar-refractivity contribution in [3.05, 3.63) is 30.6 Å². The van der Waals surface area contributed by atoms with Crippen LogP contribution in [0.1, 0.15) is 12.4 Å². The molecule has 0 fully saturated rings. The van der Waals surface area contributed by atoms with Crippen molar-refractivity contribution in [2.24, 2.45) is 0 Å². The van der Waals surface area contributed by atoms with Crippen LogP contribution in [-0.4, -0.2) is 34.0 Å². The minimum Gasteiger partial charge on any atom is -0.276 e. The molecule has 0 N–H and O–H groups in total. The van der Waals surface area contributed by atoms with E-state index in [1.807, 2.05) is 0 Å². The van der Waals surface area contributed by atoms with Gasteiger partial charge in [0.15, 0.2) is 9.84 Å². The molecule has 98 valence electrons. The van der Waals surface area contributed by atoms with E-state index in [1.54, 1.807) is 0 Å². The van der Waals surface area contributed by atoms with E-state index in [1.165, 1.54) is 23.3 Å². The molecule has 0 atom stereocenters. The zero-order valence-corrected chi connectivity index (χ0v) is 10.2. The molecule has 0 saturated carbocycles. The third kappa shape index (κ3) is 2.55. The van der Waals surface area contributed by atoms with Crippen molar-refractivity contribution in [2.45, 2.75) is 18.0 Å². The van der Waals surface area contributed by atoms with Crippen molar-refractivity contribution in [1.82, 2.24) is 19.3 Å². The average Bonchev–Trinajstić information content (AvgIpc) is 2.85. The van der Waals surface area contributed by atoms with Crippen LogP contribution in [0.3, 0.4) is 0 Å². The number of aromatic nitrogens is 4. The topological polar surface area (TPSA) is 69.8 Å². The van der Waals surface area contributed by atoms with Crippen LogP contribution in [0.15, 0.2) is 29.7 Å². The fourth-order valence-corrected chi connectivity index (χ4v) is 1.96. The van der Waals surface area contributed by atoms with E-state index in [0.717, 1.165) is 12.5 Å². The van der Waals surface area contributed by atoms with Gasteiger partial charge in [0.1, 0.15) is 10.7 Å². The summed E-state index contributed by atoms with van der Waals surface area (Å²) in [5, 5.41) is 3.80. The highest BCUT2D eigenvalue weighted by molar-refractivity contribution is 7.90. The number of sulfone groups is 1. The molecule has 18 heavy (non-hydrogen) atoms. The van der Waals surface area contributed by atoms with Gasteiger partial charge in [0.2, 0.25) is 0 Å². The van der Waals surface area contributed by atoms with Crippen LogP contribution < -0.4 is 0 Å². The lowest BCUT2D eigenvalue weighted by molar-refractivity contribution is 0.0665. The van der Waals surface area contributed by atoms with Gasteiger partial charge in [-0.15, -0.1) is 0 Å². The SMILES string of the molecule is CS(=O)(=O)c1cnn(Cc2nccn2C(F)F)c1. The van der Waals surface area contributed by atoms with E-state index in [-0.39, 0.29) is 17.3 Å². The van der Waals surface area contributed by atoms with Gasteiger partial charge < -0.3 is 0 Å². The van der Waals surface area contributed by atoms with Crippen molar-refractivity contribution >= 4 is 9.84 Å². The van der Waals surface area contributed by atoms with Crippen molar-refractivity contribution in [3.63, 3.8) is 0 Å². The summed E-state index contributed by atoms with van der Waals surface area (Å²) in [6.07, 6.45) is 5.91. The number of imidazole rings is 1. The Morgan fingerprint density at radius 1 is 1.44 bits per heavy atom. The Morgan fingerprint density at radius 3 is 2.72 bits per heavy atom. The van der Waals surface area contributed by atoms with E-state index in [9.17, 15) is 17.2 Å². The number of halogens is 2.